The van der Waals surface area contributed by atoms with Crippen molar-refractivity contribution in [2.45, 2.75) is 23.7 Å². The summed E-state index contributed by atoms with van der Waals surface area (Å²) in [7, 11) is 0. The Balaban J connectivity index is 1.67. The molecule has 0 fully saturated rings. The molecular weight excluding hydrogens is 415 g/mol. The number of aryl methyl sites for hydroxylation is 1. The molecule has 0 unspecified atom stereocenters. The molecule has 0 saturated carbocycles. The molecule has 0 radical (unpaired) electrons. The van der Waals surface area contributed by atoms with Gasteiger partial charge in [0.25, 0.3) is 0 Å². The first-order valence-corrected chi connectivity index (χ1v) is 9.90. The molecule has 3 rings (SSSR count). The molecule has 30 heavy (non-hydrogen) atoms. The van der Waals surface area contributed by atoms with Crippen molar-refractivity contribution in [1.29, 1.82) is 0 Å². The van der Waals surface area contributed by atoms with Gasteiger partial charge in [0.1, 0.15) is 5.75 Å². The van der Waals surface area contributed by atoms with Crippen molar-refractivity contribution in [3.05, 3.63) is 77.6 Å². The Kier molecular flexibility index (Phi) is 6.66. The van der Waals surface area contributed by atoms with Crippen molar-refractivity contribution in [3.8, 4) is 16.9 Å². The van der Waals surface area contributed by atoms with Gasteiger partial charge in [0, 0.05) is 28.6 Å². The Hall–Kier alpha value is -3.00. The number of aromatic nitrogens is 1. The highest BCUT2D eigenvalue weighted by atomic mass is 32.2. The molecule has 1 N–H and O–H groups in total. The van der Waals surface area contributed by atoms with Gasteiger partial charge in [-0.15, -0.1) is 11.8 Å². The standard InChI is InChI=1S/C22H18F3NO3S/c1-14-8-19(6-7-20(14)29-12-21(27)28)30-13-15-9-17(11-26-10-15)16-2-4-18(5-3-16)22(23,24)25/h2-11H,12-13H2,1H3,(H,27,28). The van der Waals surface area contributed by atoms with Crippen molar-refractivity contribution < 1.29 is 27.8 Å². The van der Waals surface area contributed by atoms with Crippen LogP contribution >= 0.6 is 11.8 Å². The molecule has 0 amide bonds. The zero-order valence-corrected chi connectivity index (χ0v) is 16.8. The van der Waals surface area contributed by atoms with Gasteiger partial charge in [0.2, 0.25) is 0 Å². The number of nitrogens with zero attached hydrogens (tertiary/aromatic N) is 1. The summed E-state index contributed by atoms with van der Waals surface area (Å²) < 4.78 is 43.4. The van der Waals surface area contributed by atoms with Crippen molar-refractivity contribution in [3.63, 3.8) is 0 Å². The molecule has 0 bridgehead atoms. The number of pyridine rings is 1. The number of thioether (sulfide) groups is 1. The molecule has 0 atom stereocenters. The monoisotopic (exact) mass is 433 g/mol. The number of carboxylic acids is 1. The smallest absolute Gasteiger partial charge is 0.416 e. The number of rotatable bonds is 7. The van der Waals surface area contributed by atoms with Crippen LogP contribution in [0.4, 0.5) is 13.2 Å². The van der Waals surface area contributed by atoms with Gasteiger partial charge < -0.3 is 9.84 Å². The summed E-state index contributed by atoms with van der Waals surface area (Å²) in [5.41, 5.74) is 2.49. The minimum atomic E-state index is -4.36. The zero-order chi connectivity index (χ0) is 21.7. The van der Waals surface area contributed by atoms with E-state index in [1.807, 2.05) is 25.1 Å². The number of hydrogen-bond acceptors (Lipinski definition) is 4. The van der Waals surface area contributed by atoms with E-state index in [1.54, 1.807) is 30.2 Å². The summed E-state index contributed by atoms with van der Waals surface area (Å²) >= 11 is 1.57. The minimum Gasteiger partial charge on any atom is -0.482 e. The van der Waals surface area contributed by atoms with Crippen LogP contribution in [0.5, 0.6) is 5.75 Å². The molecule has 4 nitrogen and oxygen atoms in total. The third-order valence-corrected chi connectivity index (χ3v) is 5.31. The van der Waals surface area contributed by atoms with Crippen LogP contribution in [-0.2, 0) is 16.7 Å². The van der Waals surface area contributed by atoms with Gasteiger partial charge in [-0.1, -0.05) is 12.1 Å². The number of halogens is 3. The molecule has 0 saturated heterocycles. The van der Waals surface area contributed by atoms with E-state index in [9.17, 15) is 18.0 Å². The lowest BCUT2D eigenvalue weighted by molar-refractivity contribution is -0.139. The SMILES string of the molecule is Cc1cc(SCc2cncc(-c3ccc(C(F)(F)F)cc3)c2)ccc1OCC(=O)O. The lowest BCUT2D eigenvalue weighted by Crippen LogP contribution is -2.09. The van der Waals surface area contributed by atoms with Gasteiger partial charge in [-0.2, -0.15) is 13.2 Å². The zero-order valence-electron chi connectivity index (χ0n) is 15.9. The van der Waals surface area contributed by atoms with E-state index < -0.39 is 24.3 Å². The van der Waals surface area contributed by atoms with E-state index in [4.69, 9.17) is 9.84 Å². The van der Waals surface area contributed by atoms with E-state index in [1.165, 1.54) is 12.1 Å². The molecule has 0 aliphatic heterocycles. The van der Waals surface area contributed by atoms with Crippen molar-refractivity contribution in [2.75, 3.05) is 6.61 Å². The quantitative estimate of drug-likeness (QED) is 0.475. The first kappa shape index (κ1) is 21.7. The van der Waals surface area contributed by atoms with Gasteiger partial charge >= 0.3 is 12.1 Å². The van der Waals surface area contributed by atoms with Crippen LogP contribution < -0.4 is 4.74 Å². The Labute approximate surface area is 175 Å². The van der Waals surface area contributed by atoms with Crippen LogP contribution in [0.3, 0.4) is 0 Å². The molecule has 156 valence electrons. The molecular formula is C22H18F3NO3S. The molecule has 8 heteroatoms. The average molecular weight is 433 g/mol. The number of ether oxygens (including phenoxy) is 1. The van der Waals surface area contributed by atoms with Gasteiger partial charge in [0.15, 0.2) is 6.61 Å². The minimum absolute atomic E-state index is 0.393. The second-order valence-electron chi connectivity index (χ2n) is 6.56. The second-order valence-corrected chi connectivity index (χ2v) is 7.60. The number of carboxylic acid groups (broad SMARTS) is 1. The Morgan fingerprint density at radius 2 is 1.80 bits per heavy atom. The topological polar surface area (TPSA) is 59.4 Å². The predicted octanol–water partition coefficient (Wildman–Crippen LogP) is 5.83. The second kappa shape index (κ2) is 9.21. The summed E-state index contributed by atoms with van der Waals surface area (Å²) in [6.07, 6.45) is -1.02. The summed E-state index contributed by atoms with van der Waals surface area (Å²) in [5, 5.41) is 8.70. The third-order valence-electron chi connectivity index (χ3n) is 4.24. The normalized spacial score (nSPS) is 11.3. The lowest BCUT2D eigenvalue weighted by Gasteiger charge is -2.10. The fourth-order valence-electron chi connectivity index (χ4n) is 2.76. The molecule has 0 aliphatic rings. The summed E-state index contributed by atoms with van der Waals surface area (Å²) in [6.45, 7) is 1.45. The number of alkyl halides is 3. The van der Waals surface area contributed by atoms with E-state index in [2.05, 4.69) is 4.98 Å². The summed E-state index contributed by atoms with van der Waals surface area (Å²) in [5.74, 6) is 0.108. The largest absolute Gasteiger partial charge is 0.482 e. The van der Waals surface area contributed by atoms with Crippen molar-refractivity contribution in [2.24, 2.45) is 0 Å². The maximum Gasteiger partial charge on any atom is 0.416 e. The summed E-state index contributed by atoms with van der Waals surface area (Å²) in [4.78, 5) is 15.8. The number of carbonyl (C=O) groups is 1. The van der Waals surface area contributed by atoms with Crippen LogP contribution in [0.1, 0.15) is 16.7 Å². The van der Waals surface area contributed by atoms with Gasteiger partial charge in [-0.05, 0) is 60.0 Å². The molecule has 3 aromatic rings. The number of aliphatic carboxylic acids is 1. The maximum absolute atomic E-state index is 12.7. The lowest BCUT2D eigenvalue weighted by atomic mass is 10.0. The number of hydrogen-bond donors (Lipinski definition) is 1. The van der Waals surface area contributed by atoms with Gasteiger partial charge in [0.05, 0.1) is 5.56 Å². The highest BCUT2D eigenvalue weighted by Gasteiger charge is 2.29. The van der Waals surface area contributed by atoms with Gasteiger partial charge in [-0.25, -0.2) is 4.79 Å². The molecule has 2 aromatic carbocycles. The van der Waals surface area contributed by atoms with E-state index in [0.29, 0.717) is 17.1 Å². The van der Waals surface area contributed by atoms with Crippen molar-refractivity contribution in [1.82, 2.24) is 4.98 Å². The predicted molar refractivity (Wildman–Crippen MR) is 109 cm³/mol. The Bertz CT molecular complexity index is 1040. The highest BCUT2D eigenvalue weighted by Crippen LogP contribution is 2.32. The summed E-state index contributed by atoms with van der Waals surface area (Å²) in [6, 6.07) is 12.4. The fraction of sp³-hybridized carbons (Fsp3) is 0.182. The average Bonchev–Trinajstić information content (AvgIpc) is 2.71. The molecule has 0 aliphatic carbocycles. The van der Waals surface area contributed by atoms with E-state index in [-0.39, 0.29) is 0 Å². The molecule has 0 spiro atoms. The first-order chi connectivity index (χ1) is 14.2. The van der Waals surface area contributed by atoms with Crippen LogP contribution in [0.2, 0.25) is 0 Å². The van der Waals surface area contributed by atoms with Crippen LogP contribution in [0, 0.1) is 6.92 Å². The van der Waals surface area contributed by atoms with Crippen molar-refractivity contribution >= 4 is 17.7 Å². The van der Waals surface area contributed by atoms with Crippen LogP contribution in [0.15, 0.2) is 65.8 Å². The Morgan fingerprint density at radius 1 is 1.07 bits per heavy atom. The third kappa shape index (κ3) is 5.76. The first-order valence-electron chi connectivity index (χ1n) is 8.92. The Morgan fingerprint density at radius 3 is 2.43 bits per heavy atom. The van der Waals surface area contributed by atoms with Gasteiger partial charge in [-0.3, -0.25) is 4.98 Å². The fourth-order valence-corrected chi connectivity index (χ4v) is 3.67. The van der Waals surface area contributed by atoms with E-state index >= 15 is 0 Å². The van der Waals surface area contributed by atoms with E-state index in [0.717, 1.165) is 33.7 Å². The highest BCUT2D eigenvalue weighted by molar-refractivity contribution is 7.98. The maximum atomic E-state index is 12.7. The number of benzene rings is 2. The van der Waals surface area contributed by atoms with Crippen LogP contribution in [-0.4, -0.2) is 22.7 Å². The molecule has 1 heterocycles. The molecule has 1 aromatic heterocycles. The van der Waals surface area contributed by atoms with Crippen LogP contribution in [0.25, 0.3) is 11.1 Å².